The molecule has 1 atom stereocenters. The number of anilines is 1. The Balaban J connectivity index is 2.26. The van der Waals surface area contributed by atoms with Gasteiger partial charge in [0.25, 0.3) is 5.56 Å². The molecule has 0 saturated heterocycles. The lowest BCUT2D eigenvalue weighted by atomic mass is 10.2. The second kappa shape index (κ2) is 5.79. The fraction of sp³-hybridized carbons (Fsp3) is 0.250. The summed E-state index contributed by atoms with van der Waals surface area (Å²) in [4.78, 5) is 24.3. The zero-order valence-electron chi connectivity index (χ0n) is 12.9. The number of methoxy groups -OCH3 is 1. The van der Waals surface area contributed by atoms with E-state index in [0.717, 1.165) is 4.57 Å². The Hall–Kier alpha value is -2.61. The average Bonchev–Trinajstić information content (AvgIpc) is 3.03. The topological polar surface area (TPSA) is 108 Å². The molecule has 0 fully saturated rings. The van der Waals surface area contributed by atoms with Crippen LogP contribution in [0.3, 0.4) is 0 Å². The number of esters is 1. The van der Waals surface area contributed by atoms with Crippen molar-refractivity contribution in [3.63, 3.8) is 0 Å². The van der Waals surface area contributed by atoms with Crippen molar-refractivity contribution in [3.8, 4) is 0 Å². The molecule has 0 saturated carbocycles. The molecule has 2 N–H and O–H groups in total. The number of hydrogen-bond acceptors (Lipinski definition) is 6. The average molecular weight is 348 g/mol. The summed E-state index contributed by atoms with van der Waals surface area (Å²) >= 11 is 0. The summed E-state index contributed by atoms with van der Waals surface area (Å²) in [5, 5.41) is 0. The summed E-state index contributed by atoms with van der Waals surface area (Å²) in [6.45, 7) is 0. The standard InChI is InChI=1S/C16H16N2O5S/c1-23-16(20)13-8-7-12-14(9-11(17)15(19)18(12)13)24(21,22)10-5-3-2-4-6-10/h2-6,9,13H,7-8,17H2,1H3. The van der Waals surface area contributed by atoms with Gasteiger partial charge in [-0.25, -0.2) is 13.2 Å². The van der Waals surface area contributed by atoms with Crippen LogP contribution in [-0.2, 0) is 25.8 Å². The van der Waals surface area contributed by atoms with E-state index in [4.69, 9.17) is 10.5 Å². The fourth-order valence-corrected chi connectivity index (χ4v) is 4.52. The molecule has 7 nitrogen and oxygen atoms in total. The van der Waals surface area contributed by atoms with Crippen LogP contribution in [0.25, 0.3) is 0 Å². The van der Waals surface area contributed by atoms with Gasteiger partial charge in [0, 0.05) is 5.69 Å². The minimum absolute atomic E-state index is 0.0443. The number of aromatic nitrogens is 1. The van der Waals surface area contributed by atoms with E-state index in [2.05, 4.69) is 0 Å². The number of carbonyl (C=O) groups excluding carboxylic acids is 1. The molecule has 0 spiro atoms. The molecule has 1 aliphatic rings. The number of benzene rings is 1. The normalized spacial score (nSPS) is 16.6. The molecule has 0 radical (unpaired) electrons. The molecular formula is C16H16N2O5S. The predicted molar refractivity (Wildman–Crippen MR) is 86.4 cm³/mol. The molecule has 1 aromatic carbocycles. The summed E-state index contributed by atoms with van der Waals surface area (Å²) < 4.78 is 31.7. The molecule has 0 aliphatic carbocycles. The van der Waals surface area contributed by atoms with Crippen LogP contribution >= 0.6 is 0 Å². The molecule has 3 rings (SSSR count). The van der Waals surface area contributed by atoms with E-state index in [1.165, 1.54) is 25.3 Å². The molecule has 2 aromatic rings. The summed E-state index contributed by atoms with van der Waals surface area (Å²) in [6, 6.07) is 8.20. The largest absolute Gasteiger partial charge is 0.467 e. The first-order chi connectivity index (χ1) is 11.4. The number of fused-ring (bicyclic) bond motifs is 1. The Morgan fingerprint density at radius 2 is 1.96 bits per heavy atom. The maximum Gasteiger partial charge on any atom is 0.328 e. The predicted octanol–water partition coefficient (Wildman–Crippen LogP) is 0.924. The lowest BCUT2D eigenvalue weighted by molar-refractivity contribution is -0.144. The molecule has 0 amide bonds. The molecule has 2 heterocycles. The van der Waals surface area contributed by atoms with Crippen LogP contribution in [0.5, 0.6) is 0 Å². The number of sulfone groups is 1. The second-order valence-electron chi connectivity index (χ2n) is 5.48. The summed E-state index contributed by atoms with van der Waals surface area (Å²) in [5.74, 6) is -0.593. The molecule has 1 aromatic heterocycles. The van der Waals surface area contributed by atoms with E-state index in [9.17, 15) is 18.0 Å². The van der Waals surface area contributed by atoms with Crippen molar-refractivity contribution in [2.75, 3.05) is 12.8 Å². The highest BCUT2D eigenvalue weighted by Gasteiger charge is 2.35. The van der Waals surface area contributed by atoms with Crippen molar-refractivity contribution in [1.29, 1.82) is 0 Å². The molecule has 1 unspecified atom stereocenters. The quantitative estimate of drug-likeness (QED) is 0.827. The maximum absolute atomic E-state index is 12.9. The Morgan fingerprint density at radius 1 is 1.29 bits per heavy atom. The molecule has 0 bridgehead atoms. The molecule has 8 heteroatoms. The third kappa shape index (κ3) is 2.39. The van der Waals surface area contributed by atoms with Crippen LogP contribution in [0.4, 0.5) is 5.69 Å². The van der Waals surface area contributed by atoms with Crippen LogP contribution in [0.15, 0.2) is 51.0 Å². The van der Waals surface area contributed by atoms with Crippen molar-refractivity contribution < 1.29 is 17.9 Å². The van der Waals surface area contributed by atoms with E-state index >= 15 is 0 Å². The van der Waals surface area contributed by atoms with Crippen LogP contribution < -0.4 is 11.3 Å². The van der Waals surface area contributed by atoms with Gasteiger partial charge in [-0.05, 0) is 31.0 Å². The van der Waals surface area contributed by atoms with Crippen LogP contribution in [0.2, 0.25) is 0 Å². The van der Waals surface area contributed by atoms with Crippen molar-refractivity contribution in [1.82, 2.24) is 4.57 Å². The molecule has 1 aliphatic heterocycles. The van der Waals surface area contributed by atoms with Crippen molar-refractivity contribution in [2.24, 2.45) is 0 Å². The van der Waals surface area contributed by atoms with Crippen LogP contribution in [0, 0.1) is 0 Å². The van der Waals surface area contributed by atoms with Gasteiger partial charge >= 0.3 is 5.97 Å². The number of nitrogens with two attached hydrogens (primary N) is 1. The van der Waals surface area contributed by atoms with Gasteiger partial charge in [0.2, 0.25) is 9.84 Å². The first-order valence-electron chi connectivity index (χ1n) is 7.29. The summed E-state index contributed by atoms with van der Waals surface area (Å²) in [6.07, 6.45) is 0.569. The van der Waals surface area contributed by atoms with Crippen molar-refractivity contribution in [3.05, 3.63) is 52.4 Å². The zero-order chi connectivity index (χ0) is 17.5. The number of hydrogen-bond donors (Lipinski definition) is 1. The van der Waals surface area contributed by atoms with E-state index in [0.29, 0.717) is 6.42 Å². The molecule has 126 valence electrons. The Bertz CT molecular complexity index is 964. The lowest BCUT2D eigenvalue weighted by Gasteiger charge is -2.15. The Labute approximate surface area is 138 Å². The SMILES string of the molecule is COC(=O)C1CCc2c(S(=O)(=O)c3ccccc3)cc(N)c(=O)n21. The minimum Gasteiger partial charge on any atom is -0.467 e. The van der Waals surface area contributed by atoms with Gasteiger partial charge < -0.3 is 10.5 Å². The molecule has 24 heavy (non-hydrogen) atoms. The number of pyridine rings is 1. The maximum atomic E-state index is 12.9. The second-order valence-corrected chi connectivity index (χ2v) is 7.40. The van der Waals surface area contributed by atoms with Crippen LogP contribution in [-0.4, -0.2) is 26.1 Å². The Morgan fingerprint density at radius 3 is 2.58 bits per heavy atom. The van der Waals surface area contributed by atoms with E-state index in [-0.39, 0.29) is 27.6 Å². The highest BCUT2D eigenvalue weighted by atomic mass is 32.2. The third-order valence-electron chi connectivity index (χ3n) is 4.11. The van der Waals surface area contributed by atoms with E-state index < -0.39 is 27.4 Å². The van der Waals surface area contributed by atoms with Crippen molar-refractivity contribution >= 4 is 21.5 Å². The zero-order valence-corrected chi connectivity index (χ0v) is 13.7. The van der Waals surface area contributed by atoms with Gasteiger partial charge in [0.15, 0.2) is 0 Å². The van der Waals surface area contributed by atoms with Gasteiger partial charge in [-0.1, -0.05) is 18.2 Å². The number of nitrogen functional groups attached to an aromatic ring is 1. The highest BCUT2D eigenvalue weighted by Crippen LogP contribution is 2.33. The smallest absolute Gasteiger partial charge is 0.328 e. The van der Waals surface area contributed by atoms with Gasteiger partial charge in [-0.3, -0.25) is 9.36 Å². The third-order valence-corrected chi connectivity index (χ3v) is 5.94. The first kappa shape index (κ1) is 16.3. The van der Waals surface area contributed by atoms with Crippen molar-refractivity contribution in [2.45, 2.75) is 28.7 Å². The molecular weight excluding hydrogens is 332 g/mol. The van der Waals surface area contributed by atoms with Crippen LogP contribution in [0.1, 0.15) is 18.2 Å². The van der Waals surface area contributed by atoms with Gasteiger partial charge in [0.1, 0.15) is 6.04 Å². The van der Waals surface area contributed by atoms with Gasteiger partial charge in [-0.15, -0.1) is 0 Å². The number of nitrogens with zero attached hydrogens (tertiary/aromatic N) is 1. The summed E-state index contributed by atoms with van der Waals surface area (Å²) in [5.41, 5.74) is 5.21. The highest BCUT2D eigenvalue weighted by molar-refractivity contribution is 7.91. The Kier molecular flexibility index (Phi) is 3.92. The first-order valence-corrected chi connectivity index (χ1v) is 8.78. The van der Waals surface area contributed by atoms with E-state index in [1.807, 2.05) is 0 Å². The monoisotopic (exact) mass is 348 g/mol. The van der Waals surface area contributed by atoms with E-state index in [1.54, 1.807) is 18.2 Å². The summed E-state index contributed by atoms with van der Waals surface area (Å²) in [7, 11) is -2.63. The lowest BCUT2D eigenvalue weighted by Crippen LogP contribution is -2.31. The number of carbonyl (C=O) groups is 1. The van der Waals surface area contributed by atoms with Gasteiger partial charge in [0.05, 0.1) is 22.6 Å². The fourth-order valence-electron chi connectivity index (χ4n) is 2.96. The minimum atomic E-state index is -3.85. The van der Waals surface area contributed by atoms with Gasteiger partial charge in [-0.2, -0.15) is 0 Å². The number of rotatable bonds is 3. The number of ether oxygens (including phenoxy) is 1.